The number of rotatable bonds is 2. The second kappa shape index (κ2) is 4.42. The largest absolute Gasteiger partial charge is 0.476 e. The van der Waals surface area contributed by atoms with E-state index in [1.165, 1.54) is 5.56 Å². The van der Waals surface area contributed by atoms with Crippen molar-refractivity contribution in [2.45, 2.75) is 30.4 Å². The minimum Gasteiger partial charge on any atom is -0.476 e. The number of fused-ring (bicyclic) bond motifs is 3. The number of carboxylic acid groups (broad SMARTS) is 1. The molecule has 98 valence electrons. The Morgan fingerprint density at radius 1 is 1.47 bits per heavy atom. The Bertz CT molecular complexity index is 661. The van der Waals surface area contributed by atoms with Crippen molar-refractivity contribution in [3.05, 3.63) is 35.0 Å². The fourth-order valence-corrected chi connectivity index (χ4v) is 3.22. The maximum Gasteiger partial charge on any atom is 0.358 e. The number of aromatic carboxylic acids is 1. The Labute approximate surface area is 114 Å². The van der Waals surface area contributed by atoms with Crippen molar-refractivity contribution in [2.24, 2.45) is 0 Å². The van der Waals surface area contributed by atoms with Crippen LogP contribution >= 0.6 is 11.8 Å². The standard InChI is InChI=1S/C14H13NO3S/c1-7(2)8-3-4-11-9(5-8)13-10(6-19-11)12(14(16)17)15-18-13/h3-5,7H,6H2,1-2H3,(H,16,17). The summed E-state index contributed by atoms with van der Waals surface area (Å²) in [4.78, 5) is 12.2. The van der Waals surface area contributed by atoms with E-state index < -0.39 is 5.97 Å². The molecule has 2 heterocycles. The average Bonchev–Trinajstić information content (AvgIpc) is 2.82. The summed E-state index contributed by atoms with van der Waals surface area (Å²) in [6.45, 7) is 4.25. The van der Waals surface area contributed by atoms with Crippen molar-refractivity contribution < 1.29 is 14.4 Å². The molecule has 1 aliphatic heterocycles. The molecule has 0 saturated carbocycles. The number of carbonyl (C=O) groups is 1. The Morgan fingerprint density at radius 2 is 2.26 bits per heavy atom. The molecule has 4 nitrogen and oxygen atoms in total. The predicted molar refractivity (Wildman–Crippen MR) is 72.5 cm³/mol. The second-order valence-electron chi connectivity index (χ2n) is 4.84. The summed E-state index contributed by atoms with van der Waals surface area (Å²) in [6.07, 6.45) is 0. The monoisotopic (exact) mass is 275 g/mol. The van der Waals surface area contributed by atoms with E-state index in [9.17, 15) is 4.79 Å². The van der Waals surface area contributed by atoms with Crippen molar-refractivity contribution in [1.82, 2.24) is 5.16 Å². The Morgan fingerprint density at radius 3 is 2.95 bits per heavy atom. The van der Waals surface area contributed by atoms with Crippen molar-refractivity contribution in [3.63, 3.8) is 0 Å². The smallest absolute Gasteiger partial charge is 0.358 e. The zero-order valence-corrected chi connectivity index (χ0v) is 11.5. The van der Waals surface area contributed by atoms with Crippen LogP contribution in [0.25, 0.3) is 11.3 Å². The first-order valence-corrected chi connectivity index (χ1v) is 7.05. The van der Waals surface area contributed by atoms with Gasteiger partial charge in [0.15, 0.2) is 11.5 Å². The van der Waals surface area contributed by atoms with E-state index in [2.05, 4.69) is 37.2 Å². The SMILES string of the molecule is CC(C)c1ccc2c(c1)-c1onc(C(=O)O)c1CS2. The number of hydrogen-bond acceptors (Lipinski definition) is 4. The van der Waals surface area contributed by atoms with Crippen molar-refractivity contribution >= 4 is 17.7 Å². The van der Waals surface area contributed by atoms with E-state index in [0.717, 1.165) is 10.5 Å². The molecule has 1 aromatic heterocycles. The minimum atomic E-state index is -1.03. The molecule has 0 unspecified atom stereocenters. The van der Waals surface area contributed by atoms with Gasteiger partial charge in [0.1, 0.15) is 0 Å². The van der Waals surface area contributed by atoms with E-state index in [1.807, 2.05) is 0 Å². The Hall–Kier alpha value is -1.75. The van der Waals surface area contributed by atoms with Gasteiger partial charge in [-0.3, -0.25) is 0 Å². The number of nitrogens with zero attached hydrogens (tertiary/aromatic N) is 1. The van der Waals surface area contributed by atoms with Gasteiger partial charge in [-0.25, -0.2) is 4.79 Å². The van der Waals surface area contributed by atoms with Gasteiger partial charge < -0.3 is 9.63 Å². The molecule has 0 saturated heterocycles. The van der Waals surface area contributed by atoms with Gasteiger partial charge in [0.25, 0.3) is 0 Å². The first kappa shape index (κ1) is 12.3. The van der Waals surface area contributed by atoms with Crippen LogP contribution in [0.15, 0.2) is 27.6 Å². The van der Waals surface area contributed by atoms with E-state index in [-0.39, 0.29) is 5.69 Å². The fourth-order valence-electron chi connectivity index (χ4n) is 2.18. The lowest BCUT2D eigenvalue weighted by atomic mass is 9.98. The first-order chi connectivity index (χ1) is 9.08. The molecule has 0 amide bonds. The molecule has 3 rings (SSSR count). The minimum absolute atomic E-state index is 0.0306. The maximum atomic E-state index is 11.1. The molecule has 0 atom stereocenters. The molecule has 1 aromatic carbocycles. The van der Waals surface area contributed by atoms with Crippen molar-refractivity contribution in [3.8, 4) is 11.3 Å². The third-order valence-electron chi connectivity index (χ3n) is 3.28. The van der Waals surface area contributed by atoms with Gasteiger partial charge in [0.2, 0.25) is 0 Å². The van der Waals surface area contributed by atoms with Crippen LogP contribution in [0.2, 0.25) is 0 Å². The highest BCUT2D eigenvalue weighted by molar-refractivity contribution is 7.98. The van der Waals surface area contributed by atoms with Crippen LogP contribution < -0.4 is 0 Å². The quantitative estimate of drug-likeness (QED) is 0.903. The summed E-state index contributed by atoms with van der Waals surface area (Å²) in [5.41, 5.74) is 2.88. The number of carboxylic acids is 1. The summed E-state index contributed by atoms with van der Waals surface area (Å²) in [5, 5.41) is 12.8. The summed E-state index contributed by atoms with van der Waals surface area (Å²) in [5.74, 6) is 0.583. The third kappa shape index (κ3) is 1.94. The lowest BCUT2D eigenvalue weighted by Crippen LogP contribution is -2.03. The van der Waals surface area contributed by atoms with Gasteiger partial charge in [0.05, 0.1) is 0 Å². The van der Waals surface area contributed by atoms with E-state index in [1.54, 1.807) is 11.8 Å². The third-order valence-corrected chi connectivity index (χ3v) is 4.38. The first-order valence-electron chi connectivity index (χ1n) is 6.07. The summed E-state index contributed by atoms with van der Waals surface area (Å²) in [6, 6.07) is 6.25. The molecule has 19 heavy (non-hydrogen) atoms. The molecular weight excluding hydrogens is 262 g/mol. The van der Waals surface area contributed by atoms with Crippen LogP contribution in [0.3, 0.4) is 0 Å². The van der Waals surface area contributed by atoms with Crippen molar-refractivity contribution in [2.75, 3.05) is 0 Å². The summed E-state index contributed by atoms with van der Waals surface area (Å²) >= 11 is 1.62. The predicted octanol–water partition coefficient (Wildman–Crippen LogP) is 3.77. The van der Waals surface area contributed by atoms with Gasteiger partial charge >= 0.3 is 5.97 Å². The van der Waals surface area contributed by atoms with Crippen LogP contribution in [-0.2, 0) is 5.75 Å². The molecular formula is C14H13NO3S. The highest BCUT2D eigenvalue weighted by Crippen LogP contribution is 2.43. The van der Waals surface area contributed by atoms with Crippen LogP contribution in [0.1, 0.15) is 41.4 Å². The van der Waals surface area contributed by atoms with Crippen LogP contribution in [0.4, 0.5) is 0 Å². The van der Waals surface area contributed by atoms with E-state index in [4.69, 9.17) is 9.63 Å². The van der Waals surface area contributed by atoms with Gasteiger partial charge in [0, 0.05) is 21.8 Å². The van der Waals surface area contributed by atoms with Crippen LogP contribution in [-0.4, -0.2) is 16.2 Å². The van der Waals surface area contributed by atoms with Crippen LogP contribution in [0.5, 0.6) is 0 Å². The van der Waals surface area contributed by atoms with E-state index >= 15 is 0 Å². The molecule has 1 aliphatic rings. The number of thioether (sulfide) groups is 1. The molecule has 1 N–H and O–H groups in total. The topological polar surface area (TPSA) is 63.3 Å². The number of hydrogen-bond donors (Lipinski definition) is 1. The van der Waals surface area contributed by atoms with Crippen molar-refractivity contribution in [1.29, 1.82) is 0 Å². The molecule has 0 radical (unpaired) electrons. The average molecular weight is 275 g/mol. The second-order valence-corrected chi connectivity index (χ2v) is 5.86. The molecule has 5 heteroatoms. The van der Waals surface area contributed by atoms with E-state index in [0.29, 0.717) is 23.0 Å². The molecule has 0 aliphatic carbocycles. The summed E-state index contributed by atoms with van der Waals surface area (Å²) in [7, 11) is 0. The summed E-state index contributed by atoms with van der Waals surface area (Å²) < 4.78 is 5.27. The van der Waals surface area contributed by atoms with Gasteiger partial charge in [-0.05, 0) is 23.6 Å². The Balaban J connectivity index is 2.17. The zero-order valence-electron chi connectivity index (χ0n) is 10.6. The fraction of sp³-hybridized carbons (Fsp3) is 0.286. The molecule has 0 fully saturated rings. The lowest BCUT2D eigenvalue weighted by molar-refractivity contribution is 0.0685. The van der Waals surface area contributed by atoms with Gasteiger partial charge in [-0.15, -0.1) is 11.8 Å². The Kier molecular flexibility index (Phi) is 2.86. The molecule has 0 bridgehead atoms. The van der Waals surface area contributed by atoms with Crippen LogP contribution in [0, 0.1) is 0 Å². The van der Waals surface area contributed by atoms with Gasteiger partial charge in [-0.1, -0.05) is 25.1 Å². The molecule has 0 spiro atoms. The number of benzene rings is 1. The van der Waals surface area contributed by atoms with Gasteiger partial charge in [-0.2, -0.15) is 0 Å². The number of aromatic nitrogens is 1. The normalized spacial score (nSPS) is 13.2. The highest BCUT2D eigenvalue weighted by Gasteiger charge is 2.28. The maximum absolute atomic E-state index is 11.1. The molecule has 2 aromatic rings. The lowest BCUT2D eigenvalue weighted by Gasteiger charge is -2.16. The highest BCUT2D eigenvalue weighted by atomic mass is 32.2. The zero-order chi connectivity index (χ0) is 13.6.